The van der Waals surface area contributed by atoms with E-state index in [0.717, 1.165) is 22.5 Å². The van der Waals surface area contributed by atoms with Crippen molar-refractivity contribution in [2.45, 2.75) is 32.1 Å². The highest BCUT2D eigenvalue weighted by Crippen LogP contribution is 2.24. The lowest BCUT2D eigenvalue weighted by molar-refractivity contribution is -0.149. The van der Waals surface area contributed by atoms with Gasteiger partial charge in [0.15, 0.2) is 0 Å². The lowest BCUT2D eigenvalue weighted by atomic mass is 9.94. The van der Waals surface area contributed by atoms with Crippen molar-refractivity contribution >= 4 is 11.9 Å². The number of ether oxygens (including phenoxy) is 1. The van der Waals surface area contributed by atoms with Gasteiger partial charge in [-0.15, -0.1) is 0 Å². The third-order valence-electron chi connectivity index (χ3n) is 5.65. The minimum atomic E-state index is -0.481. The highest BCUT2D eigenvalue weighted by atomic mass is 16.5. The van der Waals surface area contributed by atoms with E-state index in [-0.39, 0.29) is 18.4 Å². The summed E-state index contributed by atoms with van der Waals surface area (Å²) >= 11 is 0. The quantitative estimate of drug-likeness (QED) is 0.551. The molecule has 6 heteroatoms. The summed E-state index contributed by atoms with van der Waals surface area (Å²) in [7, 11) is 1.39. The van der Waals surface area contributed by atoms with Crippen molar-refractivity contribution in [3.63, 3.8) is 0 Å². The van der Waals surface area contributed by atoms with Gasteiger partial charge in [0.05, 0.1) is 26.5 Å². The first kappa shape index (κ1) is 20.9. The molecule has 0 bridgehead atoms. The molecule has 6 nitrogen and oxygen atoms in total. The molecule has 0 N–H and O–H groups in total. The van der Waals surface area contributed by atoms with Crippen LogP contribution in [0.25, 0.3) is 0 Å². The Hall–Kier alpha value is -3.38. The van der Waals surface area contributed by atoms with Gasteiger partial charge in [-0.1, -0.05) is 54.6 Å². The maximum Gasteiger partial charge on any atom is 0.323 e. The van der Waals surface area contributed by atoms with E-state index in [0.29, 0.717) is 26.1 Å². The average Bonchev–Trinajstić information content (AvgIpc) is 3.31. The van der Waals surface area contributed by atoms with Gasteiger partial charge < -0.3 is 14.1 Å². The number of amides is 1. The lowest BCUT2D eigenvalue weighted by Gasteiger charge is -2.36. The van der Waals surface area contributed by atoms with Crippen molar-refractivity contribution in [2.24, 2.45) is 0 Å². The van der Waals surface area contributed by atoms with E-state index < -0.39 is 6.04 Å². The number of nitrogens with zero attached hydrogens (tertiary/aromatic N) is 2. The van der Waals surface area contributed by atoms with Crippen molar-refractivity contribution in [1.82, 2.24) is 9.80 Å². The van der Waals surface area contributed by atoms with Gasteiger partial charge >= 0.3 is 5.97 Å². The zero-order chi connectivity index (χ0) is 21.6. The maximum absolute atomic E-state index is 13.4. The zero-order valence-corrected chi connectivity index (χ0v) is 17.6. The summed E-state index contributed by atoms with van der Waals surface area (Å²) in [6.45, 7) is 1.49. The van der Waals surface area contributed by atoms with Gasteiger partial charge in [-0.25, -0.2) is 0 Å². The number of benzene rings is 2. The largest absolute Gasteiger partial charge is 0.468 e. The van der Waals surface area contributed by atoms with Crippen molar-refractivity contribution in [1.29, 1.82) is 0 Å². The fourth-order valence-corrected chi connectivity index (χ4v) is 4.01. The van der Waals surface area contributed by atoms with Gasteiger partial charge in [0, 0.05) is 13.1 Å². The first-order chi connectivity index (χ1) is 15.1. The summed E-state index contributed by atoms with van der Waals surface area (Å²) in [5.74, 6) is 0.342. The summed E-state index contributed by atoms with van der Waals surface area (Å²) in [5, 5.41) is 0. The van der Waals surface area contributed by atoms with Crippen LogP contribution in [-0.4, -0.2) is 41.4 Å². The van der Waals surface area contributed by atoms with E-state index in [9.17, 15) is 9.59 Å². The molecule has 1 atom stereocenters. The van der Waals surface area contributed by atoms with Gasteiger partial charge in [-0.2, -0.15) is 0 Å². The number of hydrogen-bond donors (Lipinski definition) is 0. The Balaban J connectivity index is 1.54. The van der Waals surface area contributed by atoms with E-state index in [1.165, 1.54) is 7.11 Å². The van der Waals surface area contributed by atoms with E-state index >= 15 is 0 Å². The number of carbonyl (C=O) groups is 2. The predicted octanol–water partition coefficient (Wildman–Crippen LogP) is 3.41. The van der Waals surface area contributed by atoms with Crippen molar-refractivity contribution < 1.29 is 18.7 Å². The molecule has 0 spiro atoms. The number of carbonyl (C=O) groups excluding carboxylic acids is 2. The van der Waals surface area contributed by atoms with Crippen LogP contribution < -0.4 is 0 Å². The van der Waals surface area contributed by atoms with Crippen molar-refractivity contribution in [3.05, 3.63) is 95.4 Å². The molecule has 0 fully saturated rings. The Morgan fingerprint density at radius 3 is 2.45 bits per heavy atom. The Morgan fingerprint density at radius 1 is 1.00 bits per heavy atom. The van der Waals surface area contributed by atoms with Crippen LogP contribution in [0, 0.1) is 0 Å². The third-order valence-corrected chi connectivity index (χ3v) is 5.65. The fourth-order valence-electron chi connectivity index (χ4n) is 4.01. The summed E-state index contributed by atoms with van der Waals surface area (Å²) in [4.78, 5) is 29.6. The Labute approximate surface area is 182 Å². The van der Waals surface area contributed by atoms with Gasteiger partial charge in [0.2, 0.25) is 5.91 Å². The van der Waals surface area contributed by atoms with Gasteiger partial charge in [0.25, 0.3) is 0 Å². The number of esters is 1. The van der Waals surface area contributed by atoms with Crippen LogP contribution in [0.2, 0.25) is 0 Å². The molecule has 2 aromatic carbocycles. The monoisotopic (exact) mass is 418 g/mol. The smallest absolute Gasteiger partial charge is 0.323 e. The first-order valence-corrected chi connectivity index (χ1v) is 10.4. The minimum Gasteiger partial charge on any atom is -0.468 e. The minimum absolute atomic E-state index is 0.0615. The van der Waals surface area contributed by atoms with Gasteiger partial charge in [-0.3, -0.25) is 14.5 Å². The topological polar surface area (TPSA) is 63.0 Å². The summed E-state index contributed by atoms with van der Waals surface area (Å²) < 4.78 is 10.5. The Bertz CT molecular complexity index is 1020. The fraction of sp³-hybridized carbons (Fsp3) is 0.280. The molecule has 1 aromatic heterocycles. The maximum atomic E-state index is 13.4. The molecule has 0 saturated carbocycles. The first-order valence-electron chi connectivity index (χ1n) is 10.4. The second-order valence-electron chi connectivity index (χ2n) is 7.73. The zero-order valence-electron chi connectivity index (χ0n) is 17.6. The number of fused-ring (bicyclic) bond motifs is 1. The van der Waals surface area contributed by atoms with E-state index in [2.05, 4.69) is 0 Å². The van der Waals surface area contributed by atoms with Crippen LogP contribution in [0.3, 0.4) is 0 Å². The van der Waals surface area contributed by atoms with E-state index in [1.54, 1.807) is 11.2 Å². The molecule has 0 aliphatic carbocycles. The molecule has 1 aliphatic rings. The molecule has 0 saturated heterocycles. The van der Waals surface area contributed by atoms with E-state index in [1.807, 2.05) is 71.6 Å². The highest BCUT2D eigenvalue weighted by Gasteiger charge is 2.34. The third kappa shape index (κ3) is 5.03. The molecule has 1 unspecified atom stereocenters. The summed E-state index contributed by atoms with van der Waals surface area (Å²) in [6.07, 6.45) is 2.14. The second-order valence-corrected chi connectivity index (χ2v) is 7.73. The number of furan rings is 1. The molecule has 2 heterocycles. The molecule has 1 amide bonds. The lowest BCUT2D eigenvalue weighted by Crippen LogP contribution is -2.50. The van der Waals surface area contributed by atoms with Crippen LogP contribution in [0.5, 0.6) is 0 Å². The molecule has 3 aromatic rings. The average molecular weight is 418 g/mol. The Morgan fingerprint density at radius 2 is 1.74 bits per heavy atom. The summed E-state index contributed by atoms with van der Waals surface area (Å²) in [6, 6.07) is 21.1. The van der Waals surface area contributed by atoms with Gasteiger partial charge in [0.1, 0.15) is 11.8 Å². The van der Waals surface area contributed by atoms with Crippen LogP contribution in [-0.2, 0) is 40.4 Å². The number of hydrogen-bond acceptors (Lipinski definition) is 5. The standard InChI is InChI=1S/C25H26N2O4/c1-30-25(29)23-14-20-10-5-6-11-21(20)16-26(23)18-24(28)27(17-22-12-7-13-31-22)15-19-8-3-2-4-9-19/h2-13,23H,14-18H2,1H3. The van der Waals surface area contributed by atoms with Crippen LogP contribution in [0.4, 0.5) is 0 Å². The normalized spacial score (nSPS) is 15.8. The number of methoxy groups -OCH3 is 1. The van der Waals surface area contributed by atoms with Gasteiger partial charge in [-0.05, 0) is 35.2 Å². The molecule has 1 aliphatic heterocycles. The molecular weight excluding hydrogens is 392 g/mol. The van der Waals surface area contributed by atoms with Crippen LogP contribution in [0.15, 0.2) is 77.4 Å². The van der Waals surface area contributed by atoms with Crippen LogP contribution in [0.1, 0.15) is 22.5 Å². The summed E-state index contributed by atoms with van der Waals surface area (Å²) in [5.41, 5.74) is 3.30. The van der Waals surface area contributed by atoms with Crippen LogP contribution >= 0.6 is 0 Å². The molecule has 31 heavy (non-hydrogen) atoms. The predicted molar refractivity (Wildman–Crippen MR) is 116 cm³/mol. The van der Waals surface area contributed by atoms with E-state index in [4.69, 9.17) is 9.15 Å². The highest BCUT2D eigenvalue weighted by molar-refractivity contribution is 5.81. The SMILES string of the molecule is COC(=O)C1Cc2ccccc2CN1CC(=O)N(Cc1ccccc1)Cc1ccco1. The molecular formula is C25H26N2O4. The molecule has 160 valence electrons. The molecule has 4 rings (SSSR count). The molecule has 0 radical (unpaired) electrons. The van der Waals surface area contributed by atoms with Crippen molar-refractivity contribution in [3.8, 4) is 0 Å². The second kappa shape index (κ2) is 9.62. The Kier molecular flexibility index (Phi) is 6.48. The number of rotatable bonds is 7. The van der Waals surface area contributed by atoms with Crippen molar-refractivity contribution in [2.75, 3.05) is 13.7 Å².